The number of nitrogens with one attached hydrogen (secondary N) is 1. The van der Waals surface area contributed by atoms with Gasteiger partial charge in [0.15, 0.2) is 0 Å². The summed E-state index contributed by atoms with van der Waals surface area (Å²) in [6, 6.07) is 7.77. The third kappa shape index (κ3) is 4.34. The van der Waals surface area contributed by atoms with E-state index in [1.807, 2.05) is 24.3 Å². The van der Waals surface area contributed by atoms with Crippen LogP contribution in [0.3, 0.4) is 0 Å². The first-order valence-electron chi connectivity index (χ1n) is 4.72. The summed E-state index contributed by atoms with van der Waals surface area (Å²) in [4.78, 5) is 11.1. The van der Waals surface area contributed by atoms with Crippen LogP contribution >= 0.6 is 15.9 Å². The maximum Gasteiger partial charge on any atom is 0.309 e. The van der Waals surface area contributed by atoms with Gasteiger partial charge >= 0.3 is 5.97 Å². The molecule has 1 N–H and O–H groups in total. The summed E-state index contributed by atoms with van der Waals surface area (Å²) in [6.07, 6.45) is 0.320. The van der Waals surface area contributed by atoms with E-state index < -0.39 is 0 Å². The largest absolute Gasteiger partial charge is 0.469 e. The van der Waals surface area contributed by atoms with Crippen LogP contribution in [-0.4, -0.2) is 25.0 Å². The van der Waals surface area contributed by atoms with E-state index in [2.05, 4.69) is 26.0 Å². The lowest BCUT2D eigenvalue weighted by Crippen LogP contribution is -2.06. The van der Waals surface area contributed by atoms with Gasteiger partial charge in [-0.1, -0.05) is 28.1 Å². The van der Waals surface area contributed by atoms with Gasteiger partial charge < -0.3 is 10.1 Å². The Morgan fingerprint density at radius 2 is 2.33 bits per heavy atom. The maximum atomic E-state index is 11.1. The molecule has 0 aliphatic heterocycles. The van der Waals surface area contributed by atoms with Crippen molar-refractivity contribution in [3.8, 4) is 0 Å². The molecule has 0 aromatic heterocycles. The lowest BCUT2D eigenvalue weighted by Gasteiger charge is -2.06. The molecule has 0 unspecified atom stereocenters. The molecule has 15 heavy (non-hydrogen) atoms. The number of rotatable bonds is 5. The first-order chi connectivity index (χ1) is 7.26. The number of halogens is 1. The SMILES string of the molecule is COC(=O)Cc1cccc(NCCBr)c1. The van der Waals surface area contributed by atoms with Crippen LogP contribution in [0.25, 0.3) is 0 Å². The molecule has 0 aliphatic rings. The summed E-state index contributed by atoms with van der Waals surface area (Å²) in [5.41, 5.74) is 1.98. The minimum absolute atomic E-state index is 0.215. The fraction of sp³-hybridized carbons (Fsp3) is 0.364. The third-order valence-corrected chi connectivity index (χ3v) is 2.32. The predicted molar refractivity (Wildman–Crippen MR) is 64.4 cm³/mol. The Hall–Kier alpha value is -1.03. The van der Waals surface area contributed by atoms with E-state index >= 15 is 0 Å². The number of carbonyl (C=O) groups excluding carboxylic acids is 1. The summed E-state index contributed by atoms with van der Waals surface area (Å²) >= 11 is 3.34. The minimum atomic E-state index is -0.215. The van der Waals surface area contributed by atoms with Crippen molar-refractivity contribution in [1.29, 1.82) is 0 Å². The van der Waals surface area contributed by atoms with Crippen LogP contribution in [0.5, 0.6) is 0 Å². The number of benzene rings is 1. The average Bonchev–Trinajstić information content (AvgIpc) is 2.26. The van der Waals surface area contributed by atoms with Gasteiger partial charge in [0.25, 0.3) is 0 Å². The van der Waals surface area contributed by atoms with Crippen LogP contribution < -0.4 is 5.32 Å². The van der Waals surface area contributed by atoms with Crippen molar-refractivity contribution in [3.63, 3.8) is 0 Å². The number of alkyl halides is 1. The monoisotopic (exact) mass is 271 g/mol. The van der Waals surface area contributed by atoms with Gasteiger partial charge in [0.1, 0.15) is 0 Å². The highest BCUT2D eigenvalue weighted by Crippen LogP contribution is 2.11. The van der Waals surface area contributed by atoms with Gasteiger partial charge in [-0.15, -0.1) is 0 Å². The molecule has 0 aliphatic carbocycles. The van der Waals surface area contributed by atoms with E-state index in [0.29, 0.717) is 6.42 Å². The fourth-order valence-corrected chi connectivity index (χ4v) is 1.42. The molecule has 1 aromatic carbocycles. The minimum Gasteiger partial charge on any atom is -0.469 e. The van der Waals surface area contributed by atoms with Gasteiger partial charge in [0.05, 0.1) is 13.5 Å². The molecule has 4 heteroatoms. The van der Waals surface area contributed by atoms with Crippen LogP contribution in [0, 0.1) is 0 Å². The Morgan fingerprint density at radius 3 is 3.00 bits per heavy atom. The van der Waals surface area contributed by atoms with Gasteiger partial charge in [-0.05, 0) is 17.7 Å². The van der Waals surface area contributed by atoms with Gasteiger partial charge in [-0.25, -0.2) is 0 Å². The molecular weight excluding hydrogens is 258 g/mol. The highest BCUT2D eigenvalue weighted by atomic mass is 79.9. The molecule has 1 rings (SSSR count). The number of ether oxygens (including phenoxy) is 1. The van der Waals surface area contributed by atoms with Crippen LogP contribution in [0.1, 0.15) is 5.56 Å². The van der Waals surface area contributed by atoms with Gasteiger partial charge in [-0.3, -0.25) is 4.79 Å². The van der Waals surface area contributed by atoms with Crippen molar-refractivity contribution in [2.45, 2.75) is 6.42 Å². The first kappa shape index (κ1) is 12.0. The van der Waals surface area contributed by atoms with E-state index in [9.17, 15) is 4.79 Å². The van der Waals surface area contributed by atoms with Gasteiger partial charge in [0.2, 0.25) is 0 Å². The topological polar surface area (TPSA) is 38.3 Å². The number of carbonyl (C=O) groups is 1. The zero-order chi connectivity index (χ0) is 11.1. The second-order valence-corrected chi connectivity index (χ2v) is 3.86. The van der Waals surface area contributed by atoms with E-state index in [-0.39, 0.29) is 5.97 Å². The smallest absolute Gasteiger partial charge is 0.309 e. The number of methoxy groups -OCH3 is 1. The molecule has 0 heterocycles. The van der Waals surface area contributed by atoms with Crippen molar-refractivity contribution in [1.82, 2.24) is 0 Å². The molecule has 1 aromatic rings. The fourth-order valence-electron chi connectivity index (χ4n) is 1.22. The molecule has 0 spiro atoms. The molecule has 0 fully saturated rings. The number of hydrogen-bond acceptors (Lipinski definition) is 3. The van der Waals surface area contributed by atoms with E-state index in [0.717, 1.165) is 23.1 Å². The Bertz CT molecular complexity index is 328. The first-order valence-corrected chi connectivity index (χ1v) is 5.84. The Kier molecular flexibility index (Phi) is 5.18. The average molecular weight is 272 g/mol. The Balaban J connectivity index is 2.61. The molecular formula is C11H14BrNO2. The number of anilines is 1. The van der Waals surface area contributed by atoms with E-state index in [1.54, 1.807) is 0 Å². The van der Waals surface area contributed by atoms with Crippen molar-refractivity contribution in [2.24, 2.45) is 0 Å². The summed E-state index contributed by atoms with van der Waals surface area (Å²) in [7, 11) is 1.40. The molecule has 0 atom stereocenters. The third-order valence-electron chi connectivity index (χ3n) is 1.93. The molecule has 82 valence electrons. The van der Waals surface area contributed by atoms with Gasteiger partial charge in [-0.2, -0.15) is 0 Å². The molecule has 0 radical (unpaired) electrons. The highest BCUT2D eigenvalue weighted by Gasteiger charge is 2.02. The van der Waals surface area contributed by atoms with Crippen molar-refractivity contribution < 1.29 is 9.53 Å². The van der Waals surface area contributed by atoms with Crippen LogP contribution in [0.15, 0.2) is 24.3 Å². The molecule has 0 amide bonds. The number of esters is 1. The van der Waals surface area contributed by atoms with Crippen LogP contribution in [0.2, 0.25) is 0 Å². The molecule has 0 bridgehead atoms. The van der Waals surface area contributed by atoms with Gasteiger partial charge in [0, 0.05) is 17.6 Å². The highest BCUT2D eigenvalue weighted by molar-refractivity contribution is 9.09. The normalized spacial score (nSPS) is 9.73. The standard InChI is InChI=1S/C11H14BrNO2/c1-15-11(14)8-9-3-2-4-10(7-9)13-6-5-12/h2-4,7,13H,5-6,8H2,1H3. The number of hydrogen-bond donors (Lipinski definition) is 1. The second-order valence-electron chi connectivity index (χ2n) is 3.07. The maximum absolute atomic E-state index is 11.1. The lowest BCUT2D eigenvalue weighted by molar-refractivity contribution is -0.139. The Morgan fingerprint density at radius 1 is 1.53 bits per heavy atom. The quantitative estimate of drug-likeness (QED) is 0.659. The Labute approximate surface area is 97.9 Å². The summed E-state index contributed by atoms with van der Waals surface area (Å²) in [6.45, 7) is 0.863. The zero-order valence-corrected chi connectivity index (χ0v) is 10.2. The lowest BCUT2D eigenvalue weighted by atomic mass is 10.1. The molecule has 0 saturated carbocycles. The van der Waals surface area contributed by atoms with E-state index in [1.165, 1.54) is 7.11 Å². The van der Waals surface area contributed by atoms with Crippen molar-refractivity contribution in [2.75, 3.05) is 24.3 Å². The summed E-state index contributed by atoms with van der Waals surface area (Å²) in [5, 5.41) is 4.12. The van der Waals surface area contributed by atoms with Crippen LogP contribution in [0.4, 0.5) is 5.69 Å². The predicted octanol–water partition coefficient (Wildman–Crippen LogP) is 2.21. The van der Waals surface area contributed by atoms with Crippen LogP contribution in [-0.2, 0) is 16.0 Å². The molecule has 0 saturated heterocycles. The summed E-state index contributed by atoms with van der Waals surface area (Å²) in [5.74, 6) is -0.215. The van der Waals surface area contributed by atoms with E-state index in [4.69, 9.17) is 0 Å². The zero-order valence-electron chi connectivity index (χ0n) is 8.63. The van der Waals surface area contributed by atoms with Crippen molar-refractivity contribution >= 4 is 27.6 Å². The molecule has 3 nitrogen and oxygen atoms in total. The second kappa shape index (κ2) is 6.45. The van der Waals surface area contributed by atoms with Crippen molar-refractivity contribution in [3.05, 3.63) is 29.8 Å². The summed E-state index contributed by atoms with van der Waals surface area (Å²) < 4.78 is 4.61.